The van der Waals surface area contributed by atoms with E-state index >= 15 is 0 Å². The van der Waals surface area contributed by atoms with Crippen LogP contribution in [0.15, 0.2) is 6.33 Å². The number of fused-ring (bicyclic) bond motifs is 1. The van der Waals surface area contributed by atoms with Crippen LogP contribution < -0.4 is 5.73 Å². The Morgan fingerprint density at radius 1 is 1.03 bits per heavy atom. The summed E-state index contributed by atoms with van der Waals surface area (Å²) >= 11 is 6.08. The van der Waals surface area contributed by atoms with Crippen molar-refractivity contribution in [1.29, 1.82) is 0 Å². The number of aromatic nitrogens is 4. The van der Waals surface area contributed by atoms with Gasteiger partial charge in [-0.25, -0.2) is 4.98 Å². The topological polar surface area (TPSA) is 193 Å². The van der Waals surface area contributed by atoms with E-state index in [4.69, 9.17) is 45.8 Å². The minimum Gasteiger partial charge on any atom is -0.462 e. The van der Waals surface area contributed by atoms with E-state index in [0.717, 1.165) is 27.7 Å². The Hall–Kier alpha value is -3.56. The zero-order chi connectivity index (χ0) is 28.7. The van der Waals surface area contributed by atoms with Crippen LogP contribution in [0.25, 0.3) is 11.2 Å². The van der Waals surface area contributed by atoms with E-state index < -0.39 is 55.1 Å². The average molecular weight is 572 g/mol. The summed E-state index contributed by atoms with van der Waals surface area (Å²) in [5, 5.41) is 0.156. The number of esters is 4. The van der Waals surface area contributed by atoms with Crippen LogP contribution in [-0.2, 0) is 54.1 Å². The third kappa shape index (κ3) is 8.46. The lowest BCUT2D eigenvalue weighted by atomic mass is 10.0. The summed E-state index contributed by atoms with van der Waals surface area (Å²) in [4.78, 5) is 59.3. The molecule has 0 unspecified atom stereocenters. The van der Waals surface area contributed by atoms with Gasteiger partial charge in [0.2, 0.25) is 5.95 Å². The van der Waals surface area contributed by atoms with Crippen molar-refractivity contribution in [2.75, 3.05) is 25.6 Å². The number of carbonyl (C=O) groups excluding carboxylic acids is 4. The van der Waals surface area contributed by atoms with Gasteiger partial charge in [-0.3, -0.25) is 19.2 Å². The number of hydrogen-bond donors (Lipinski definition) is 1. The van der Waals surface area contributed by atoms with Crippen molar-refractivity contribution < 1.29 is 47.6 Å². The van der Waals surface area contributed by atoms with Gasteiger partial charge in [-0.2, -0.15) is 9.97 Å². The number of rotatable bonds is 11. The summed E-state index contributed by atoms with van der Waals surface area (Å²) in [7, 11) is 0. The average Bonchev–Trinajstić information content (AvgIpc) is 3.25. The molecule has 2 aromatic heterocycles. The minimum atomic E-state index is -1.40. The Balaban J connectivity index is 1.71. The van der Waals surface area contributed by atoms with Gasteiger partial charge < -0.3 is 38.7 Å². The fraction of sp³-hybridized carbons (Fsp3) is 0.609. The Morgan fingerprint density at radius 3 is 2.26 bits per heavy atom. The van der Waals surface area contributed by atoms with Gasteiger partial charge in [0.15, 0.2) is 35.4 Å². The number of anilines is 1. The number of ether oxygens (including phenoxy) is 6. The van der Waals surface area contributed by atoms with Gasteiger partial charge >= 0.3 is 23.9 Å². The van der Waals surface area contributed by atoms with Gasteiger partial charge in [0.1, 0.15) is 12.1 Å². The molecule has 2 N–H and O–H groups in total. The molecule has 1 aliphatic heterocycles. The second-order valence-corrected chi connectivity index (χ2v) is 9.13. The quantitative estimate of drug-likeness (QED) is 0.226. The molecule has 3 rings (SSSR count). The number of carbonyl (C=O) groups is 4. The maximum atomic E-state index is 11.9. The second kappa shape index (κ2) is 13.5. The van der Waals surface area contributed by atoms with Crippen LogP contribution in [0.5, 0.6) is 0 Å². The normalized spacial score (nSPS) is 19.5. The molecule has 39 heavy (non-hydrogen) atoms. The Kier molecular flexibility index (Phi) is 10.4. The van der Waals surface area contributed by atoms with Crippen LogP contribution in [0.2, 0.25) is 5.15 Å². The van der Waals surface area contributed by atoms with Crippen molar-refractivity contribution in [3.05, 3.63) is 11.5 Å². The van der Waals surface area contributed by atoms with Crippen molar-refractivity contribution >= 4 is 52.6 Å². The highest BCUT2D eigenvalue weighted by atomic mass is 35.5. The van der Waals surface area contributed by atoms with E-state index in [-0.39, 0.29) is 30.2 Å². The summed E-state index contributed by atoms with van der Waals surface area (Å²) in [6.07, 6.45) is -3.05. The van der Waals surface area contributed by atoms with Crippen molar-refractivity contribution in [2.24, 2.45) is 5.92 Å². The zero-order valence-electron chi connectivity index (χ0n) is 21.8. The first kappa shape index (κ1) is 30.0. The number of halogens is 1. The van der Waals surface area contributed by atoms with Crippen molar-refractivity contribution in [2.45, 2.75) is 65.3 Å². The summed E-state index contributed by atoms with van der Waals surface area (Å²) in [5.41, 5.74) is 6.62. The SMILES string of the molecule is CC(=O)OC[C@@H](OC(C)=O)[C@@H](OC(C)=O)[C@@H](OC(C)=O)C1OCC(CCn2cnc3c(Cl)nc(N)nc32)CO1. The van der Waals surface area contributed by atoms with Gasteiger partial charge in [-0.1, -0.05) is 11.6 Å². The molecule has 16 heteroatoms. The van der Waals surface area contributed by atoms with E-state index in [2.05, 4.69) is 15.0 Å². The standard InChI is InChI=1S/C23H30ClN5O10/c1-11(30)34-9-16(37-12(2)31)18(38-13(3)32)19(39-14(4)33)22-35-7-15(8-36-22)5-6-29-10-26-17-20(24)27-23(25)28-21(17)29/h10,15-16,18-19,22H,5-9H2,1-4H3,(H2,25,27,28)/t15?,16-,18-,19-,22?/m1/s1. The lowest BCUT2D eigenvalue weighted by Crippen LogP contribution is -2.55. The molecule has 0 aromatic carbocycles. The van der Waals surface area contributed by atoms with Gasteiger partial charge in [0, 0.05) is 40.2 Å². The highest BCUT2D eigenvalue weighted by Gasteiger charge is 2.45. The van der Waals surface area contributed by atoms with E-state index in [0.29, 0.717) is 24.1 Å². The van der Waals surface area contributed by atoms with Crippen molar-refractivity contribution in [1.82, 2.24) is 19.5 Å². The van der Waals surface area contributed by atoms with Gasteiger partial charge in [0.25, 0.3) is 0 Å². The van der Waals surface area contributed by atoms with Crippen LogP contribution >= 0.6 is 11.6 Å². The Bertz CT molecular complexity index is 1200. The molecule has 214 valence electrons. The van der Waals surface area contributed by atoms with E-state index in [1.165, 1.54) is 0 Å². The Labute approximate surface area is 228 Å². The van der Waals surface area contributed by atoms with Crippen LogP contribution in [0.3, 0.4) is 0 Å². The Morgan fingerprint density at radius 2 is 1.67 bits per heavy atom. The van der Waals surface area contributed by atoms with Crippen LogP contribution in [-0.4, -0.2) is 87.8 Å². The van der Waals surface area contributed by atoms with Crippen LogP contribution in [0, 0.1) is 5.92 Å². The molecule has 0 aliphatic carbocycles. The number of nitrogen functional groups attached to an aromatic ring is 1. The fourth-order valence-electron chi connectivity index (χ4n) is 3.95. The second-order valence-electron chi connectivity index (χ2n) is 8.77. The van der Waals surface area contributed by atoms with Gasteiger partial charge in [-0.05, 0) is 6.42 Å². The van der Waals surface area contributed by atoms with E-state index in [9.17, 15) is 19.2 Å². The van der Waals surface area contributed by atoms with E-state index in [1.54, 1.807) is 10.9 Å². The molecule has 0 saturated carbocycles. The van der Waals surface area contributed by atoms with E-state index in [1.807, 2.05) is 0 Å². The fourth-order valence-corrected chi connectivity index (χ4v) is 4.17. The van der Waals surface area contributed by atoms with Crippen molar-refractivity contribution in [3.63, 3.8) is 0 Å². The smallest absolute Gasteiger partial charge is 0.303 e. The predicted octanol–water partition coefficient (Wildman–Crippen LogP) is 0.799. The predicted molar refractivity (Wildman–Crippen MR) is 132 cm³/mol. The first-order valence-corrected chi connectivity index (χ1v) is 12.3. The lowest BCUT2D eigenvalue weighted by Gasteiger charge is -2.38. The van der Waals surface area contributed by atoms with Crippen LogP contribution in [0.4, 0.5) is 5.95 Å². The summed E-state index contributed by atoms with van der Waals surface area (Å²) in [6.45, 7) is 4.98. The molecule has 2 aromatic rings. The molecule has 0 bridgehead atoms. The molecule has 3 atom stereocenters. The molecule has 0 radical (unpaired) electrons. The van der Waals surface area contributed by atoms with Gasteiger partial charge in [0.05, 0.1) is 19.5 Å². The summed E-state index contributed by atoms with van der Waals surface area (Å²) < 4.78 is 34.5. The number of aryl methyl sites for hydroxylation is 1. The minimum absolute atomic E-state index is 0.0287. The maximum absolute atomic E-state index is 11.9. The molecule has 1 saturated heterocycles. The molecule has 0 spiro atoms. The maximum Gasteiger partial charge on any atom is 0.303 e. The molecule has 1 fully saturated rings. The molecule has 1 aliphatic rings. The third-order valence-electron chi connectivity index (χ3n) is 5.54. The highest BCUT2D eigenvalue weighted by Crippen LogP contribution is 2.26. The van der Waals surface area contributed by atoms with Crippen molar-refractivity contribution in [3.8, 4) is 0 Å². The molecule has 0 amide bonds. The summed E-state index contributed by atoms with van der Waals surface area (Å²) in [6, 6.07) is 0. The monoisotopic (exact) mass is 571 g/mol. The van der Waals surface area contributed by atoms with Crippen LogP contribution in [0.1, 0.15) is 34.1 Å². The zero-order valence-corrected chi connectivity index (χ0v) is 22.6. The highest BCUT2D eigenvalue weighted by molar-refractivity contribution is 6.33. The summed E-state index contributed by atoms with van der Waals surface area (Å²) in [5.74, 6) is -2.94. The largest absolute Gasteiger partial charge is 0.462 e. The number of nitrogens with zero attached hydrogens (tertiary/aromatic N) is 4. The molecule has 15 nitrogen and oxygen atoms in total. The first-order valence-electron chi connectivity index (χ1n) is 12.0. The lowest BCUT2D eigenvalue weighted by molar-refractivity contribution is -0.271. The molecular formula is C23H30ClN5O10. The third-order valence-corrected chi connectivity index (χ3v) is 5.80. The number of imidazole rings is 1. The molecule has 3 heterocycles. The van der Waals surface area contributed by atoms with Gasteiger partial charge in [-0.15, -0.1) is 0 Å². The first-order chi connectivity index (χ1) is 18.4. The molecular weight excluding hydrogens is 542 g/mol. The number of hydrogen-bond acceptors (Lipinski definition) is 14. The number of nitrogens with two attached hydrogens (primary N) is 1.